The first-order valence-electron chi connectivity index (χ1n) is 7.03. The first kappa shape index (κ1) is 13.3. The van der Waals surface area contributed by atoms with Crippen LogP contribution in [0.15, 0.2) is 42.6 Å². The number of hydrogen-bond donors (Lipinski definition) is 0. The van der Waals surface area contributed by atoms with Gasteiger partial charge in [0, 0.05) is 17.7 Å². The van der Waals surface area contributed by atoms with Crippen LogP contribution in [0.5, 0.6) is 0 Å². The lowest BCUT2D eigenvalue weighted by Crippen LogP contribution is -2.38. The monoisotopic (exact) mass is 286 g/mol. The Kier molecular flexibility index (Phi) is 3.83. The van der Waals surface area contributed by atoms with Crippen LogP contribution in [0.25, 0.3) is 0 Å². The van der Waals surface area contributed by atoms with Gasteiger partial charge in [-0.25, -0.2) is 0 Å². The second kappa shape index (κ2) is 5.76. The number of aryl methyl sites for hydroxylation is 2. The van der Waals surface area contributed by atoms with Crippen molar-refractivity contribution >= 4 is 17.4 Å². The summed E-state index contributed by atoms with van der Waals surface area (Å²) in [6.45, 7) is 0.290. The number of benzene rings is 1. The predicted molar refractivity (Wildman–Crippen MR) is 79.1 cm³/mol. The fourth-order valence-corrected chi connectivity index (χ4v) is 2.93. The van der Waals surface area contributed by atoms with E-state index in [1.807, 2.05) is 24.4 Å². The van der Waals surface area contributed by atoms with E-state index in [1.165, 1.54) is 24.0 Å². The molecule has 0 fully saturated rings. The Balaban J connectivity index is 1.82. The molecule has 20 heavy (non-hydrogen) atoms. The lowest BCUT2D eigenvalue weighted by molar-refractivity contribution is -0.681. The first-order valence-corrected chi connectivity index (χ1v) is 7.41. The van der Waals surface area contributed by atoms with Gasteiger partial charge in [-0.1, -0.05) is 12.1 Å². The molecule has 0 N–H and O–H groups in total. The van der Waals surface area contributed by atoms with E-state index in [0.717, 1.165) is 18.4 Å². The SMILES string of the molecule is O=C(C[n+]1ccccc1Cl)c1ccc2c(c1)CCCC2. The van der Waals surface area contributed by atoms with Crippen LogP contribution in [-0.2, 0) is 19.4 Å². The highest BCUT2D eigenvalue weighted by molar-refractivity contribution is 6.28. The highest BCUT2D eigenvalue weighted by atomic mass is 35.5. The van der Waals surface area contributed by atoms with Crippen molar-refractivity contribution in [2.24, 2.45) is 0 Å². The molecule has 3 heteroatoms. The summed E-state index contributed by atoms with van der Waals surface area (Å²) >= 11 is 6.08. The molecule has 0 aliphatic heterocycles. The second-order valence-electron chi connectivity index (χ2n) is 5.27. The molecule has 0 saturated carbocycles. The molecule has 0 amide bonds. The Bertz CT molecular complexity index is 651. The summed E-state index contributed by atoms with van der Waals surface area (Å²) in [5.41, 5.74) is 3.53. The summed E-state index contributed by atoms with van der Waals surface area (Å²) in [4.78, 5) is 12.4. The third-order valence-electron chi connectivity index (χ3n) is 3.87. The quantitative estimate of drug-likeness (QED) is 0.481. The molecule has 0 radical (unpaired) electrons. The summed E-state index contributed by atoms with van der Waals surface area (Å²) in [7, 11) is 0. The molecule has 2 nitrogen and oxygen atoms in total. The van der Waals surface area contributed by atoms with E-state index in [4.69, 9.17) is 11.6 Å². The summed E-state index contributed by atoms with van der Waals surface area (Å²) in [5.74, 6) is 0.108. The van der Waals surface area contributed by atoms with Crippen LogP contribution in [0.3, 0.4) is 0 Å². The Labute approximate surface area is 124 Å². The van der Waals surface area contributed by atoms with Crippen molar-refractivity contribution in [2.45, 2.75) is 32.2 Å². The normalized spacial score (nSPS) is 13.8. The van der Waals surface area contributed by atoms with Crippen molar-refractivity contribution in [2.75, 3.05) is 0 Å². The number of aromatic nitrogens is 1. The topological polar surface area (TPSA) is 20.9 Å². The number of Topliss-reactive ketones (excluding diaryl/α,β-unsaturated/α-hetero) is 1. The molecular weight excluding hydrogens is 270 g/mol. The van der Waals surface area contributed by atoms with Crippen molar-refractivity contribution < 1.29 is 9.36 Å². The van der Waals surface area contributed by atoms with E-state index in [1.54, 1.807) is 10.6 Å². The van der Waals surface area contributed by atoms with Crippen LogP contribution in [0, 0.1) is 0 Å². The van der Waals surface area contributed by atoms with Gasteiger partial charge in [-0.3, -0.25) is 4.79 Å². The molecule has 0 spiro atoms. The van der Waals surface area contributed by atoms with E-state index < -0.39 is 0 Å². The zero-order valence-electron chi connectivity index (χ0n) is 11.3. The molecule has 102 valence electrons. The van der Waals surface area contributed by atoms with Crippen LogP contribution in [-0.4, -0.2) is 5.78 Å². The van der Waals surface area contributed by atoms with E-state index in [0.29, 0.717) is 11.7 Å². The molecule has 1 heterocycles. The van der Waals surface area contributed by atoms with Crippen LogP contribution >= 0.6 is 11.6 Å². The van der Waals surface area contributed by atoms with Gasteiger partial charge >= 0.3 is 0 Å². The maximum Gasteiger partial charge on any atom is 0.275 e. The number of carbonyl (C=O) groups excluding carboxylic acids is 1. The molecule has 1 aliphatic rings. The summed E-state index contributed by atoms with van der Waals surface area (Å²) in [5, 5.41) is 0.582. The average molecular weight is 287 g/mol. The molecule has 0 atom stereocenters. The zero-order chi connectivity index (χ0) is 13.9. The third kappa shape index (κ3) is 2.75. The van der Waals surface area contributed by atoms with Gasteiger partial charge in [0.2, 0.25) is 12.3 Å². The number of halogens is 1. The maximum absolute atomic E-state index is 12.4. The third-order valence-corrected chi connectivity index (χ3v) is 4.21. The smallest absolute Gasteiger partial charge is 0.275 e. The molecule has 0 unspecified atom stereocenters. The lowest BCUT2D eigenvalue weighted by Gasteiger charge is -2.15. The number of rotatable bonds is 3. The Morgan fingerprint density at radius 1 is 1.10 bits per heavy atom. The van der Waals surface area contributed by atoms with E-state index in [2.05, 4.69) is 12.1 Å². The van der Waals surface area contributed by atoms with E-state index >= 15 is 0 Å². The van der Waals surface area contributed by atoms with E-state index in [9.17, 15) is 4.79 Å². The number of carbonyl (C=O) groups is 1. The molecule has 1 aliphatic carbocycles. The van der Waals surface area contributed by atoms with Gasteiger partial charge in [-0.15, -0.1) is 0 Å². The molecule has 2 aromatic rings. The first-order chi connectivity index (χ1) is 9.74. The average Bonchev–Trinajstić information content (AvgIpc) is 2.49. The molecule has 0 saturated heterocycles. The highest BCUT2D eigenvalue weighted by Crippen LogP contribution is 2.22. The Morgan fingerprint density at radius 3 is 2.70 bits per heavy atom. The fraction of sp³-hybridized carbons (Fsp3) is 0.294. The summed E-state index contributed by atoms with van der Waals surface area (Å²) < 4.78 is 1.77. The van der Waals surface area contributed by atoms with Crippen LogP contribution in [0.4, 0.5) is 0 Å². The zero-order valence-corrected chi connectivity index (χ0v) is 12.1. The van der Waals surface area contributed by atoms with Gasteiger partial charge in [-0.05, 0) is 60.5 Å². The fourth-order valence-electron chi connectivity index (χ4n) is 2.74. The lowest BCUT2D eigenvalue weighted by atomic mass is 9.90. The van der Waals surface area contributed by atoms with Gasteiger partial charge in [0.15, 0.2) is 6.20 Å². The number of fused-ring (bicyclic) bond motifs is 1. The van der Waals surface area contributed by atoms with Gasteiger partial charge in [0.25, 0.3) is 5.15 Å². The van der Waals surface area contributed by atoms with Gasteiger partial charge in [-0.2, -0.15) is 4.57 Å². The van der Waals surface area contributed by atoms with Gasteiger partial charge < -0.3 is 0 Å². The Hall–Kier alpha value is -1.67. The summed E-state index contributed by atoms with van der Waals surface area (Å²) in [6, 6.07) is 11.7. The van der Waals surface area contributed by atoms with Crippen molar-refractivity contribution in [3.8, 4) is 0 Å². The Morgan fingerprint density at radius 2 is 1.90 bits per heavy atom. The standard InChI is InChI=1S/C17H17ClNO/c18-17-7-3-4-10-19(17)12-16(20)15-9-8-13-5-1-2-6-14(13)11-15/h3-4,7-11H,1-2,5-6,12H2/q+1. The highest BCUT2D eigenvalue weighted by Gasteiger charge is 2.17. The van der Waals surface area contributed by atoms with Crippen molar-refractivity contribution in [1.82, 2.24) is 0 Å². The predicted octanol–water partition coefficient (Wildman–Crippen LogP) is 3.39. The minimum Gasteiger partial charge on any atom is -0.287 e. The van der Waals surface area contributed by atoms with Crippen molar-refractivity contribution in [3.05, 3.63) is 64.4 Å². The number of pyridine rings is 1. The molecule has 0 bridgehead atoms. The summed E-state index contributed by atoms with van der Waals surface area (Å²) in [6.07, 6.45) is 6.55. The molecule has 3 rings (SSSR count). The van der Waals surface area contributed by atoms with Crippen LogP contribution in [0.1, 0.15) is 34.3 Å². The molecular formula is C17H17ClNO+. The number of nitrogens with zero attached hydrogens (tertiary/aromatic N) is 1. The number of hydrogen-bond acceptors (Lipinski definition) is 1. The molecule has 1 aromatic heterocycles. The van der Waals surface area contributed by atoms with Crippen molar-refractivity contribution in [1.29, 1.82) is 0 Å². The number of ketones is 1. The van der Waals surface area contributed by atoms with Crippen LogP contribution < -0.4 is 4.57 Å². The van der Waals surface area contributed by atoms with Gasteiger partial charge in [0.1, 0.15) is 0 Å². The minimum atomic E-state index is 0.108. The molecule has 1 aromatic carbocycles. The van der Waals surface area contributed by atoms with Crippen LogP contribution in [0.2, 0.25) is 5.15 Å². The largest absolute Gasteiger partial charge is 0.287 e. The second-order valence-corrected chi connectivity index (χ2v) is 5.65. The van der Waals surface area contributed by atoms with Crippen molar-refractivity contribution in [3.63, 3.8) is 0 Å². The maximum atomic E-state index is 12.4. The minimum absolute atomic E-state index is 0.108. The van der Waals surface area contributed by atoms with E-state index in [-0.39, 0.29) is 5.78 Å². The van der Waals surface area contributed by atoms with Gasteiger partial charge in [0.05, 0.1) is 0 Å².